The van der Waals surface area contributed by atoms with E-state index >= 15 is 0 Å². The van der Waals surface area contributed by atoms with Gasteiger partial charge < -0.3 is 4.74 Å². The van der Waals surface area contributed by atoms with Crippen LogP contribution < -0.4 is 0 Å². The standard InChI is InChI=1S/C17H25O/c1-2-3-4-5-6-7-8-12-15-18-16-17-13-10-9-11-14-17/h2,9-11,13-14,16H,1,3-8,12,15H2/q-1. The summed E-state index contributed by atoms with van der Waals surface area (Å²) in [4.78, 5) is 0. The van der Waals surface area contributed by atoms with E-state index in [1.165, 1.54) is 32.1 Å². The highest BCUT2D eigenvalue weighted by atomic mass is 16.5. The Morgan fingerprint density at radius 2 is 1.61 bits per heavy atom. The third-order valence-electron chi connectivity index (χ3n) is 2.94. The van der Waals surface area contributed by atoms with E-state index in [1.54, 1.807) is 0 Å². The Hall–Kier alpha value is -1.21. The zero-order valence-electron chi connectivity index (χ0n) is 11.3. The normalized spacial score (nSPS) is 10.2. The van der Waals surface area contributed by atoms with Crippen molar-refractivity contribution in [3.63, 3.8) is 0 Å². The van der Waals surface area contributed by atoms with Gasteiger partial charge in [0.1, 0.15) is 0 Å². The summed E-state index contributed by atoms with van der Waals surface area (Å²) in [5.41, 5.74) is 1.14. The minimum Gasteiger partial charge on any atom is -0.414 e. The first kappa shape index (κ1) is 14.8. The molecule has 0 N–H and O–H groups in total. The second-order valence-corrected chi connectivity index (χ2v) is 4.60. The molecule has 0 atom stereocenters. The van der Waals surface area contributed by atoms with E-state index in [9.17, 15) is 0 Å². The van der Waals surface area contributed by atoms with E-state index in [0.717, 1.165) is 25.0 Å². The summed E-state index contributed by atoms with van der Waals surface area (Å²) in [5, 5.41) is 0. The summed E-state index contributed by atoms with van der Waals surface area (Å²) in [5.74, 6) is 0. The number of unbranched alkanes of at least 4 members (excludes halogenated alkanes) is 6. The van der Waals surface area contributed by atoms with Crippen LogP contribution in [0.2, 0.25) is 0 Å². The van der Waals surface area contributed by atoms with Gasteiger partial charge in [-0.1, -0.05) is 44.4 Å². The number of allylic oxidation sites excluding steroid dienone is 1. The van der Waals surface area contributed by atoms with Gasteiger partial charge in [0.15, 0.2) is 0 Å². The van der Waals surface area contributed by atoms with Crippen molar-refractivity contribution < 1.29 is 4.74 Å². The Morgan fingerprint density at radius 3 is 2.33 bits per heavy atom. The summed E-state index contributed by atoms with van der Waals surface area (Å²) >= 11 is 0. The number of hydrogen-bond donors (Lipinski definition) is 0. The Kier molecular flexibility index (Phi) is 9.00. The van der Waals surface area contributed by atoms with Crippen LogP contribution in [0.4, 0.5) is 0 Å². The van der Waals surface area contributed by atoms with E-state index in [1.807, 2.05) is 30.9 Å². The molecule has 18 heavy (non-hydrogen) atoms. The average Bonchev–Trinajstić information content (AvgIpc) is 2.42. The highest BCUT2D eigenvalue weighted by Crippen LogP contribution is 2.08. The molecular formula is C17H25O-. The van der Waals surface area contributed by atoms with Gasteiger partial charge in [-0.3, -0.25) is 0 Å². The molecular weight excluding hydrogens is 220 g/mol. The van der Waals surface area contributed by atoms with Gasteiger partial charge in [-0.2, -0.15) is 17.7 Å². The van der Waals surface area contributed by atoms with Gasteiger partial charge >= 0.3 is 0 Å². The first-order chi connectivity index (χ1) is 8.93. The third kappa shape index (κ3) is 7.97. The van der Waals surface area contributed by atoms with Crippen molar-refractivity contribution in [1.29, 1.82) is 0 Å². The van der Waals surface area contributed by atoms with Crippen LogP contribution in [0, 0.1) is 6.61 Å². The number of benzene rings is 1. The first-order valence-corrected chi connectivity index (χ1v) is 7.04. The SMILES string of the molecule is C=CCCCCCCCCO[CH-]c1ccccc1. The molecule has 0 aliphatic heterocycles. The summed E-state index contributed by atoms with van der Waals surface area (Å²) in [6, 6.07) is 10.2. The largest absolute Gasteiger partial charge is 0.414 e. The second kappa shape index (κ2) is 10.9. The Balaban J connectivity index is 1.83. The van der Waals surface area contributed by atoms with Crippen molar-refractivity contribution in [3.8, 4) is 0 Å². The van der Waals surface area contributed by atoms with Crippen molar-refractivity contribution in [2.24, 2.45) is 0 Å². The molecule has 0 bridgehead atoms. The van der Waals surface area contributed by atoms with Crippen LogP contribution >= 0.6 is 0 Å². The van der Waals surface area contributed by atoms with Gasteiger partial charge in [0.2, 0.25) is 0 Å². The van der Waals surface area contributed by atoms with Crippen LogP contribution in [0.25, 0.3) is 0 Å². The van der Waals surface area contributed by atoms with Gasteiger partial charge in [0, 0.05) is 6.61 Å². The lowest BCUT2D eigenvalue weighted by molar-refractivity contribution is 0.205. The zero-order chi connectivity index (χ0) is 12.9. The van der Waals surface area contributed by atoms with Crippen molar-refractivity contribution in [1.82, 2.24) is 0 Å². The molecule has 0 spiro atoms. The van der Waals surface area contributed by atoms with E-state index in [-0.39, 0.29) is 0 Å². The van der Waals surface area contributed by atoms with Crippen molar-refractivity contribution in [2.75, 3.05) is 6.61 Å². The van der Waals surface area contributed by atoms with Gasteiger partial charge in [0.25, 0.3) is 0 Å². The molecule has 0 heterocycles. The monoisotopic (exact) mass is 245 g/mol. The van der Waals surface area contributed by atoms with E-state index in [4.69, 9.17) is 4.74 Å². The average molecular weight is 245 g/mol. The fourth-order valence-electron chi connectivity index (χ4n) is 1.87. The Labute approximate surface area is 112 Å². The first-order valence-electron chi connectivity index (χ1n) is 7.04. The molecule has 1 nitrogen and oxygen atoms in total. The maximum Gasteiger partial charge on any atom is 0.0370 e. The highest BCUT2D eigenvalue weighted by Gasteiger charge is 1.90. The zero-order valence-corrected chi connectivity index (χ0v) is 11.3. The predicted octanol–water partition coefficient (Wildman–Crippen LogP) is 5.13. The molecule has 0 saturated heterocycles. The Bertz CT molecular complexity index is 292. The number of rotatable bonds is 11. The quantitative estimate of drug-likeness (QED) is 0.298. The van der Waals surface area contributed by atoms with E-state index in [0.29, 0.717) is 0 Å². The Morgan fingerprint density at radius 1 is 0.944 bits per heavy atom. The number of hydrogen-bond acceptors (Lipinski definition) is 1. The van der Waals surface area contributed by atoms with Crippen LogP contribution in [0.1, 0.15) is 50.5 Å². The van der Waals surface area contributed by atoms with Gasteiger partial charge in [-0.25, -0.2) is 0 Å². The van der Waals surface area contributed by atoms with Gasteiger partial charge in [-0.15, -0.1) is 18.7 Å². The minimum atomic E-state index is 0.835. The van der Waals surface area contributed by atoms with Crippen LogP contribution in [0.3, 0.4) is 0 Å². The molecule has 0 unspecified atom stereocenters. The summed E-state index contributed by atoms with van der Waals surface area (Å²) in [7, 11) is 0. The van der Waals surface area contributed by atoms with Crippen LogP contribution in [-0.4, -0.2) is 6.61 Å². The topological polar surface area (TPSA) is 9.23 Å². The highest BCUT2D eigenvalue weighted by molar-refractivity contribution is 5.19. The molecule has 0 saturated carbocycles. The molecule has 0 aromatic heterocycles. The predicted molar refractivity (Wildman–Crippen MR) is 78.3 cm³/mol. The molecule has 100 valence electrons. The van der Waals surface area contributed by atoms with E-state index < -0.39 is 0 Å². The lowest BCUT2D eigenvalue weighted by Gasteiger charge is -2.10. The molecule has 1 aromatic carbocycles. The molecule has 0 fully saturated rings. The van der Waals surface area contributed by atoms with Crippen LogP contribution in [-0.2, 0) is 4.74 Å². The van der Waals surface area contributed by atoms with Crippen LogP contribution in [0.5, 0.6) is 0 Å². The van der Waals surface area contributed by atoms with Crippen molar-refractivity contribution in [3.05, 3.63) is 55.2 Å². The third-order valence-corrected chi connectivity index (χ3v) is 2.94. The van der Waals surface area contributed by atoms with Gasteiger partial charge in [0.05, 0.1) is 0 Å². The smallest absolute Gasteiger partial charge is 0.0370 e. The summed E-state index contributed by atoms with van der Waals surface area (Å²) in [6.07, 6.45) is 10.9. The maximum absolute atomic E-state index is 5.53. The molecule has 1 aromatic rings. The van der Waals surface area contributed by atoms with Crippen molar-refractivity contribution in [2.45, 2.75) is 44.9 Å². The van der Waals surface area contributed by atoms with Crippen LogP contribution in [0.15, 0.2) is 43.0 Å². The van der Waals surface area contributed by atoms with E-state index in [2.05, 4.69) is 18.7 Å². The molecule has 0 radical (unpaired) electrons. The van der Waals surface area contributed by atoms with Gasteiger partial charge in [-0.05, 0) is 19.3 Å². The molecule has 0 amide bonds. The minimum absolute atomic E-state index is 0.835. The van der Waals surface area contributed by atoms with Crippen molar-refractivity contribution >= 4 is 0 Å². The number of ether oxygens (including phenoxy) is 1. The fraction of sp³-hybridized carbons (Fsp3) is 0.471. The summed E-state index contributed by atoms with van der Waals surface area (Å²) < 4.78 is 5.53. The summed E-state index contributed by atoms with van der Waals surface area (Å²) in [6.45, 7) is 6.42. The fourth-order valence-corrected chi connectivity index (χ4v) is 1.87. The molecule has 0 aliphatic rings. The molecule has 0 aliphatic carbocycles. The maximum atomic E-state index is 5.53. The lowest BCUT2D eigenvalue weighted by Crippen LogP contribution is -1.93. The second-order valence-electron chi connectivity index (χ2n) is 4.60. The molecule has 1 heteroatoms. The molecule has 1 rings (SSSR count). The lowest BCUT2D eigenvalue weighted by atomic mass is 10.1.